The van der Waals surface area contributed by atoms with E-state index in [1.807, 2.05) is 29.6 Å². The number of aromatic nitrogens is 3. The highest BCUT2D eigenvalue weighted by Crippen LogP contribution is 2.33. The van der Waals surface area contributed by atoms with Crippen LogP contribution in [-0.2, 0) is 16.0 Å². The van der Waals surface area contributed by atoms with E-state index in [0.29, 0.717) is 18.9 Å². The van der Waals surface area contributed by atoms with Crippen LogP contribution in [0.4, 0.5) is 5.69 Å². The molecule has 6 nitrogen and oxygen atoms in total. The first-order chi connectivity index (χ1) is 12.3. The van der Waals surface area contributed by atoms with Crippen LogP contribution in [0.25, 0.3) is 22.2 Å². The highest BCUT2D eigenvalue weighted by atomic mass is 16.5. The molecule has 1 amide bonds. The lowest BCUT2D eigenvalue weighted by molar-refractivity contribution is -0.117. The number of aromatic amines is 1. The number of carbonyl (C=O) groups is 1. The van der Waals surface area contributed by atoms with Crippen LogP contribution < -0.4 is 4.90 Å². The van der Waals surface area contributed by atoms with E-state index in [0.717, 1.165) is 53.2 Å². The topological polar surface area (TPSA) is 71.1 Å². The molecule has 1 fully saturated rings. The Kier molecular flexibility index (Phi) is 3.31. The van der Waals surface area contributed by atoms with Gasteiger partial charge >= 0.3 is 0 Å². The van der Waals surface area contributed by atoms with Gasteiger partial charge in [0.1, 0.15) is 5.65 Å². The van der Waals surface area contributed by atoms with Crippen LogP contribution in [0.2, 0.25) is 0 Å². The summed E-state index contributed by atoms with van der Waals surface area (Å²) in [7, 11) is 0. The van der Waals surface area contributed by atoms with Crippen LogP contribution in [0.1, 0.15) is 12.1 Å². The van der Waals surface area contributed by atoms with E-state index in [-0.39, 0.29) is 5.91 Å². The third kappa shape index (κ3) is 2.49. The zero-order valence-electron chi connectivity index (χ0n) is 13.7. The zero-order chi connectivity index (χ0) is 16.8. The van der Waals surface area contributed by atoms with E-state index in [4.69, 9.17) is 4.74 Å². The first-order valence-corrected chi connectivity index (χ1v) is 8.58. The Bertz CT molecular complexity index is 959. The van der Waals surface area contributed by atoms with Gasteiger partial charge in [-0.2, -0.15) is 0 Å². The molecule has 2 aliphatic heterocycles. The molecule has 3 aromatic heterocycles. The molecule has 1 N–H and O–H groups in total. The Balaban J connectivity index is 1.51. The predicted octanol–water partition coefficient (Wildman–Crippen LogP) is 2.55. The van der Waals surface area contributed by atoms with Crippen molar-refractivity contribution in [2.75, 3.05) is 24.7 Å². The number of anilines is 1. The fourth-order valence-electron chi connectivity index (χ4n) is 3.67. The van der Waals surface area contributed by atoms with Crippen LogP contribution >= 0.6 is 0 Å². The lowest BCUT2D eigenvalue weighted by Crippen LogP contribution is -2.32. The second-order valence-corrected chi connectivity index (χ2v) is 6.74. The van der Waals surface area contributed by atoms with Gasteiger partial charge in [-0.25, -0.2) is 4.98 Å². The summed E-state index contributed by atoms with van der Waals surface area (Å²) >= 11 is 0. The minimum absolute atomic E-state index is 0.130. The molecule has 3 aromatic rings. The number of nitrogens with zero attached hydrogens (tertiary/aromatic N) is 3. The predicted molar refractivity (Wildman–Crippen MR) is 94.3 cm³/mol. The fourth-order valence-corrected chi connectivity index (χ4v) is 3.67. The van der Waals surface area contributed by atoms with Gasteiger partial charge in [0.05, 0.1) is 24.4 Å². The number of hydrogen-bond acceptors (Lipinski definition) is 4. The molecule has 1 saturated heterocycles. The molecule has 5 rings (SSSR count). The maximum absolute atomic E-state index is 12.4. The number of ether oxygens (including phenoxy) is 1. The maximum atomic E-state index is 12.4. The van der Waals surface area contributed by atoms with Gasteiger partial charge in [-0.3, -0.25) is 9.78 Å². The zero-order valence-corrected chi connectivity index (χ0v) is 13.7. The van der Waals surface area contributed by atoms with E-state index in [1.54, 1.807) is 0 Å². The van der Waals surface area contributed by atoms with Gasteiger partial charge < -0.3 is 14.6 Å². The van der Waals surface area contributed by atoms with Crippen LogP contribution in [0.3, 0.4) is 0 Å². The monoisotopic (exact) mass is 334 g/mol. The summed E-state index contributed by atoms with van der Waals surface area (Å²) in [6, 6.07) is 6.16. The number of rotatable bonds is 3. The molecule has 0 aromatic carbocycles. The van der Waals surface area contributed by atoms with E-state index in [2.05, 4.69) is 27.1 Å². The Morgan fingerprint density at radius 1 is 1.24 bits per heavy atom. The van der Waals surface area contributed by atoms with Crippen LogP contribution in [0.5, 0.6) is 0 Å². The van der Waals surface area contributed by atoms with Gasteiger partial charge in [-0.15, -0.1) is 0 Å². The second kappa shape index (κ2) is 5.67. The van der Waals surface area contributed by atoms with Gasteiger partial charge in [0.25, 0.3) is 0 Å². The number of hydrogen-bond donors (Lipinski definition) is 1. The first-order valence-electron chi connectivity index (χ1n) is 8.58. The van der Waals surface area contributed by atoms with Crippen LogP contribution in [0.15, 0.2) is 36.8 Å². The third-order valence-corrected chi connectivity index (χ3v) is 5.06. The van der Waals surface area contributed by atoms with Gasteiger partial charge in [0, 0.05) is 54.2 Å². The van der Waals surface area contributed by atoms with Gasteiger partial charge in [-0.1, -0.05) is 0 Å². The summed E-state index contributed by atoms with van der Waals surface area (Å²) in [6.07, 6.45) is 6.96. The number of H-pyrrole nitrogens is 1. The molecule has 5 heterocycles. The van der Waals surface area contributed by atoms with Crippen molar-refractivity contribution in [3.8, 4) is 11.1 Å². The first kappa shape index (κ1) is 14.6. The summed E-state index contributed by atoms with van der Waals surface area (Å²) in [5.74, 6) is 0.544. The molecule has 0 aliphatic carbocycles. The molecule has 0 saturated carbocycles. The minimum Gasteiger partial charge on any atom is -0.381 e. The molecule has 0 radical (unpaired) electrons. The molecule has 0 spiro atoms. The highest BCUT2D eigenvalue weighted by Gasteiger charge is 2.31. The van der Waals surface area contributed by atoms with Crippen molar-refractivity contribution in [1.82, 2.24) is 15.0 Å². The van der Waals surface area contributed by atoms with Crippen LogP contribution in [0, 0.1) is 5.92 Å². The number of amides is 1. The fraction of sp³-hybridized carbons (Fsp3) is 0.316. The molecule has 25 heavy (non-hydrogen) atoms. The molecular weight excluding hydrogens is 316 g/mol. The summed E-state index contributed by atoms with van der Waals surface area (Å²) in [5.41, 5.74) is 4.66. The van der Waals surface area contributed by atoms with E-state index in [9.17, 15) is 4.79 Å². The Labute approximate surface area is 144 Å². The molecule has 1 unspecified atom stereocenters. The number of fused-ring (bicyclic) bond motifs is 2. The largest absolute Gasteiger partial charge is 0.381 e. The second-order valence-electron chi connectivity index (χ2n) is 6.74. The average molecular weight is 334 g/mol. The number of nitrogens with one attached hydrogen (secondary N) is 1. The SMILES string of the molecule is O=C1Cc2ncc(-c3cnc4[nH]ccc4c3)cc2N1CC1CCOC1. The van der Waals surface area contributed by atoms with Crippen molar-refractivity contribution in [2.24, 2.45) is 5.92 Å². The van der Waals surface area contributed by atoms with E-state index >= 15 is 0 Å². The van der Waals surface area contributed by atoms with Crippen LogP contribution in [-0.4, -0.2) is 40.6 Å². The Morgan fingerprint density at radius 3 is 3.00 bits per heavy atom. The standard InChI is InChI=1S/C19H18N4O2/c24-18-7-16-17(23(18)10-12-2-4-25-11-12)6-15(8-21-16)14-5-13-1-3-20-19(13)22-9-14/h1,3,5-6,8-9,12H,2,4,7,10-11H2,(H,20,22). The smallest absolute Gasteiger partial charge is 0.233 e. The lowest BCUT2D eigenvalue weighted by atomic mass is 10.1. The summed E-state index contributed by atoms with van der Waals surface area (Å²) in [5, 5.41) is 1.06. The van der Waals surface area contributed by atoms with E-state index in [1.165, 1.54) is 0 Å². The van der Waals surface area contributed by atoms with Crippen molar-refractivity contribution in [1.29, 1.82) is 0 Å². The van der Waals surface area contributed by atoms with Gasteiger partial charge in [-0.05, 0) is 24.6 Å². The summed E-state index contributed by atoms with van der Waals surface area (Å²) < 4.78 is 5.45. The molecule has 2 aliphatic rings. The van der Waals surface area contributed by atoms with Crippen molar-refractivity contribution in [2.45, 2.75) is 12.8 Å². The van der Waals surface area contributed by atoms with Crippen molar-refractivity contribution in [3.05, 3.63) is 42.5 Å². The van der Waals surface area contributed by atoms with Crippen molar-refractivity contribution >= 4 is 22.6 Å². The summed E-state index contributed by atoms with van der Waals surface area (Å²) in [6.45, 7) is 2.24. The maximum Gasteiger partial charge on any atom is 0.233 e. The lowest BCUT2D eigenvalue weighted by Gasteiger charge is -2.21. The molecule has 0 bridgehead atoms. The van der Waals surface area contributed by atoms with Crippen molar-refractivity contribution < 1.29 is 9.53 Å². The molecule has 6 heteroatoms. The molecular formula is C19H18N4O2. The highest BCUT2D eigenvalue weighted by molar-refractivity contribution is 6.01. The average Bonchev–Trinajstić information content (AvgIpc) is 3.35. The third-order valence-electron chi connectivity index (χ3n) is 5.06. The summed E-state index contributed by atoms with van der Waals surface area (Å²) in [4.78, 5) is 26.4. The molecule has 1 atom stereocenters. The number of pyridine rings is 2. The minimum atomic E-state index is 0.130. The Morgan fingerprint density at radius 2 is 2.12 bits per heavy atom. The van der Waals surface area contributed by atoms with E-state index < -0.39 is 0 Å². The Hall–Kier alpha value is -2.73. The normalized spacial score (nSPS) is 19.8. The number of carbonyl (C=O) groups excluding carboxylic acids is 1. The van der Waals surface area contributed by atoms with Crippen molar-refractivity contribution in [3.63, 3.8) is 0 Å². The molecule has 126 valence electrons. The quantitative estimate of drug-likeness (QED) is 0.799. The van der Waals surface area contributed by atoms with Gasteiger partial charge in [0.15, 0.2) is 0 Å². The van der Waals surface area contributed by atoms with Gasteiger partial charge in [0.2, 0.25) is 5.91 Å².